The zero-order chi connectivity index (χ0) is 28.2. The number of aromatic nitrogens is 1. The Morgan fingerprint density at radius 1 is 0.707 bits per heavy atom. The summed E-state index contributed by atoms with van der Waals surface area (Å²) >= 11 is 0. The summed E-state index contributed by atoms with van der Waals surface area (Å²) in [5, 5.41) is 1.11. The number of hydrogen-bond acceptors (Lipinski definition) is 3. The molecule has 1 atom stereocenters. The molecule has 0 N–H and O–H groups in total. The van der Waals surface area contributed by atoms with Crippen molar-refractivity contribution in [3.05, 3.63) is 132 Å². The van der Waals surface area contributed by atoms with Crippen LogP contribution in [0.1, 0.15) is 72.6 Å². The van der Waals surface area contributed by atoms with Gasteiger partial charge in [0.15, 0.2) is 0 Å². The molecule has 1 aliphatic heterocycles. The zero-order valence-corrected chi connectivity index (χ0v) is 24.1. The summed E-state index contributed by atoms with van der Waals surface area (Å²) in [6.45, 7) is 5.38. The van der Waals surface area contributed by atoms with Crippen LogP contribution in [0.2, 0.25) is 0 Å². The summed E-state index contributed by atoms with van der Waals surface area (Å²) in [5.41, 5.74) is 5.51. The van der Waals surface area contributed by atoms with Crippen molar-refractivity contribution in [2.24, 2.45) is 0 Å². The van der Waals surface area contributed by atoms with Crippen LogP contribution in [-0.4, -0.2) is 10.5 Å². The van der Waals surface area contributed by atoms with Gasteiger partial charge >= 0.3 is 5.97 Å². The molecule has 0 aliphatic carbocycles. The van der Waals surface area contributed by atoms with E-state index in [0.717, 1.165) is 46.5 Å². The smallest absolute Gasteiger partial charge is 0.341 e. The number of carbonyl (C=O) groups is 1. The van der Waals surface area contributed by atoms with Gasteiger partial charge in [-0.2, -0.15) is 0 Å². The molecule has 4 aromatic carbocycles. The molecule has 0 bridgehead atoms. The van der Waals surface area contributed by atoms with Crippen molar-refractivity contribution in [2.75, 3.05) is 4.90 Å². The van der Waals surface area contributed by atoms with Gasteiger partial charge < -0.3 is 9.30 Å². The Morgan fingerprint density at radius 2 is 1.29 bits per heavy atom. The van der Waals surface area contributed by atoms with E-state index < -0.39 is 5.72 Å². The number of cyclic esters (lactones) is 1. The van der Waals surface area contributed by atoms with Crippen LogP contribution in [0.25, 0.3) is 10.9 Å². The van der Waals surface area contributed by atoms with Crippen molar-refractivity contribution in [2.45, 2.75) is 64.6 Å². The van der Waals surface area contributed by atoms with E-state index in [0.29, 0.717) is 5.56 Å². The van der Waals surface area contributed by atoms with Crippen molar-refractivity contribution in [1.29, 1.82) is 0 Å². The van der Waals surface area contributed by atoms with Gasteiger partial charge in [0.1, 0.15) is 0 Å². The molecule has 2 heterocycles. The maximum absolute atomic E-state index is 13.7. The summed E-state index contributed by atoms with van der Waals surface area (Å²) in [7, 11) is 0. The van der Waals surface area contributed by atoms with Crippen molar-refractivity contribution in [3.8, 4) is 0 Å². The summed E-state index contributed by atoms with van der Waals surface area (Å²) < 4.78 is 9.16. The number of aryl methyl sites for hydroxylation is 1. The minimum absolute atomic E-state index is 0.301. The summed E-state index contributed by atoms with van der Waals surface area (Å²) in [6.07, 6.45) is 7.46. The van der Waals surface area contributed by atoms with Gasteiger partial charge in [0, 0.05) is 40.1 Å². The average molecular weight is 543 g/mol. The normalized spacial score (nSPS) is 16.1. The number of anilines is 2. The van der Waals surface area contributed by atoms with Crippen molar-refractivity contribution in [1.82, 2.24) is 4.57 Å². The first-order chi connectivity index (χ1) is 20.2. The number of fused-ring (bicyclic) bond motifs is 2. The molecule has 41 heavy (non-hydrogen) atoms. The number of nitrogens with zero attached hydrogens (tertiary/aromatic N) is 2. The molecule has 4 heteroatoms. The van der Waals surface area contributed by atoms with Gasteiger partial charge in [-0.3, -0.25) is 4.90 Å². The number of ether oxygens (including phenoxy) is 1. The number of esters is 1. The Bertz CT molecular complexity index is 1600. The lowest BCUT2D eigenvalue weighted by molar-refractivity contribution is 0.0136. The molecule has 0 fully saturated rings. The molecule has 1 aliphatic rings. The molecule has 0 amide bonds. The van der Waals surface area contributed by atoms with Crippen molar-refractivity contribution >= 4 is 28.2 Å². The zero-order valence-electron chi connectivity index (χ0n) is 24.1. The van der Waals surface area contributed by atoms with Crippen LogP contribution in [-0.2, 0) is 17.0 Å². The fourth-order valence-electron chi connectivity index (χ4n) is 6.53. The molecule has 0 saturated carbocycles. The van der Waals surface area contributed by atoms with E-state index in [1.54, 1.807) is 0 Å². The van der Waals surface area contributed by atoms with Gasteiger partial charge in [-0.15, -0.1) is 0 Å². The van der Waals surface area contributed by atoms with Crippen LogP contribution >= 0.6 is 0 Å². The molecule has 0 saturated heterocycles. The number of carbonyl (C=O) groups excluding carboxylic acids is 1. The van der Waals surface area contributed by atoms with Crippen LogP contribution in [0.4, 0.5) is 11.4 Å². The van der Waals surface area contributed by atoms with E-state index in [2.05, 4.69) is 77.9 Å². The van der Waals surface area contributed by atoms with E-state index in [9.17, 15) is 4.79 Å². The molecule has 0 spiro atoms. The highest BCUT2D eigenvalue weighted by atomic mass is 16.6. The van der Waals surface area contributed by atoms with Gasteiger partial charge in [-0.1, -0.05) is 112 Å². The van der Waals surface area contributed by atoms with E-state index in [1.807, 2.05) is 54.6 Å². The Kier molecular flexibility index (Phi) is 7.65. The Labute approximate surface area is 243 Å². The lowest BCUT2D eigenvalue weighted by Crippen LogP contribution is -2.45. The highest BCUT2D eigenvalue weighted by molar-refractivity contribution is 5.99. The van der Waals surface area contributed by atoms with Crippen LogP contribution in [0.5, 0.6) is 0 Å². The van der Waals surface area contributed by atoms with E-state index in [1.165, 1.54) is 37.6 Å². The largest absolute Gasteiger partial charge is 0.426 e. The molecule has 6 rings (SSSR count). The highest BCUT2D eigenvalue weighted by Crippen LogP contribution is 2.53. The third-order valence-electron chi connectivity index (χ3n) is 8.40. The maximum Gasteiger partial charge on any atom is 0.341 e. The third kappa shape index (κ3) is 4.72. The minimum Gasteiger partial charge on any atom is -0.426 e. The number of hydrogen-bond donors (Lipinski definition) is 0. The molecule has 1 aromatic heterocycles. The molecular weight excluding hydrogens is 504 g/mol. The predicted molar refractivity (Wildman–Crippen MR) is 168 cm³/mol. The molecular formula is C37H38N2O2. The second-order valence-electron chi connectivity index (χ2n) is 11.0. The van der Waals surface area contributed by atoms with Gasteiger partial charge in [0.05, 0.1) is 11.1 Å². The number of rotatable bonds is 11. The van der Waals surface area contributed by atoms with Gasteiger partial charge in [-0.05, 0) is 49.7 Å². The molecule has 5 aromatic rings. The number of benzene rings is 4. The van der Waals surface area contributed by atoms with Crippen LogP contribution in [0.15, 0.2) is 109 Å². The second kappa shape index (κ2) is 11.7. The standard InChI is InChI=1S/C37H38N2O2/c1-3-4-5-6-7-18-27-38-28(2)35(32-24-15-17-26-34(32)38)37(33-25-16-14-23-31(33)36(40)41-37)39(29-19-10-8-11-20-29)30-21-12-9-13-22-30/h8-17,19-26H,3-7,18,27H2,1-2H3. The molecule has 1 unspecified atom stereocenters. The SMILES string of the molecule is CCCCCCCCn1c(C)c(C2(N(c3ccccc3)c3ccccc3)OC(=O)c3ccccc32)c2ccccc21. The van der Waals surface area contributed by atoms with Crippen molar-refractivity contribution < 1.29 is 9.53 Å². The lowest BCUT2D eigenvalue weighted by atomic mass is 9.88. The van der Waals surface area contributed by atoms with Gasteiger partial charge in [0.25, 0.3) is 0 Å². The number of para-hydroxylation sites is 3. The quantitative estimate of drug-likeness (QED) is 0.123. The first kappa shape index (κ1) is 26.9. The average Bonchev–Trinajstić information content (AvgIpc) is 3.47. The van der Waals surface area contributed by atoms with Crippen molar-refractivity contribution in [3.63, 3.8) is 0 Å². The highest BCUT2D eigenvalue weighted by Gasteiger charge is 2.54. The summed E-state index contributed by atoms with van der Waals surface area (Å²) in [5.74, 6) is -0.301. The minimum atomic E-state index is -1.19. The first-order valence-corrected chi connectivity index (χ1v) is 15.0. The van der Waals surface area contributed by atoms with E-state index in [4.69, 9.17) is 4.74 Å². The Balaban J connectivity index is 1.60. The van der Waals surface area contributed by atoms with Gasteiger partial charge in [0.2, 0.25) is 5.72 Å². The maximum atomic E-state index is 13.7. The predicted octanol–water partition coefficient (Wildman–Crippen LogP) is 9.52. The van der Waals surface area contributed by atoms with Crippen LogP contribution < -0.4 is 4.90 Å². The monoisotopic (exact) mass is 542 g/mol. The van der Waals surface area contributed by atoms with Crippen LogP contribution in [0.3, 0.4) is 0 Å². The van der Waals surface area contributed by atoms with Crippen LogP contribution in [0, 0.1) is 6.92 Å². The molecule has 208 valence electrons. The molecule has 4 nitrogen and oxygen atoms in total. The summed E-state index contributed by atoms with van der Waals surface area (Å²) in [4.78, 5) is 15.9. The molecule has 0 radical (unpaired) electrons. The van der Waals surface area contributed by atoms with E-state index >= 15 is 0 Å². The second-order valence-corrected chi connectivity index (χ2v) is 11.0. The fourth-order valence-corrected chi connectivity index (χ4v) is 6.53. The Morgan fingerprint density at radius 3 is 2.00 bits per heavy atom. The lowest BCUT2D eigenvalue weighted by Gasteiger charge is -2.42. The Hall–Kier alpha value is -4.31. The van der Waals surface area contributed by atoms with E-state index in [-0.39, 0.29) is 5.97 Å². The van der Waals surface area contributed by atoms with Gasteiger partial charge in [-0.25, -0.2) is 4.79 Å². The first-order valence-electron chi connectivity index (χ1n) is 15.0. The summed E-state index contributed by atoms with van der Waals surface area (Å²) in [6, 6.07) is 37.0. The fraction of sp³-hybridized carbons (Fsp3) is 0.270. The number of unbranched alkanes of at least 4 members (excludes halogenated alkanes) is 5. The topological polar surface area (TPSA) is 34.5 Å². The third-order valence-corrected chi connectivity index (χ3v) is 8.40.